The van der Waals surface area contributed by atoms with Gasteiger partial charge in [-0.25, -0.2) is 0 Å². The van der Waals surface area contributed by atoms with Crippen LogP contribution < -0.4 is 14.8 Å². The van der Waals surface area contributed by atoms with Crippen molar-refractivity contribution in [3.8, 4) is 11.5 Å². The van der Waals surface area contributed by atoms with Crippen molar-refractivity contribution in [2.24, 2.45) is 5.92 Å². The maximum absolute atomic E-state index is 12.2. The van der Waals surface area contributed by atoms with Crippen molar-refractivity contribution >= 4 is 11.9 Å². The van der Waals surface area contributed by atoms with Gasteiger partial charge in [-0.15, -0.1) is 0 Å². The Morgan fingerprint density at radius 2 is 1.84 bits per heavy atom. The highest BCUT2D eigenvalue weighted by molar-refractivity contribution is 5.81. The Morgan fingerprint density at radius 1 is 1.13 bits per heavy atom. The van der Waals surface area contributed by atoms with Crippen LogP contribution in [-0.4, -0.2) is 49.0 Å². The van der Waals surface area contributed by atoms with E-state index in [0.717, 1.165) is 29.1 Å². The first-order valence-electron chi connectivity index (χ1n) is 10.4. The van der Waals surface area contributed by atoms with Crippen LogP contribution in [0.5, 0.6) is 11.5 Å². The van der Waals surface area contributed by atoms with E-state index in [1.807, 2.05) is 36.7 Å². The average molecular weight is 432 g/mol. The van der Waals surface area contributed by atoms with Crippen LogP contribution in [0.3, 0.4) is 0 Å². The van der Waals surface area contributed by atoms with E-state index in [-0.39, 0.29) is 18.9 Å². The lowest BCUT2D eigenvalue weighted by Gasteiger charge is -2.10. The van der Waals surface area contributed by atoms with Crippen molar-refractivity contribution < 1.29 is 23.8 Å². The van der Waals surface area contributed by atoms with Gasteiger partial charge in [-0.05, 0) is 43.9 Å². The van der Waals surface area contributed by atoms with Crippen LogP contribution in [0.15, 0.2) is 18.2 Å². The first-order chi connectivity index (χ1) is 14.7. The number of carbonyl (C=O) groups is 2. The van der Waals surface area contributed by atoms with Crippen LogP contribution in [-0.2, 0) is 33.7 Å². The van der Waals surface area contributed by atoms with Crippen molar-refractivity contribution in [3.63, 3.8) is 0 Å². The Morgan fingerprint density at radius 3 is 2.48 bits per heavy atom. The van der Waals surface area contributed by atoms with E-state index in [1.54, 1.807) is 14.2 Å². The molecule has 1 aromatic carbocycles. The third-order valence-corrected chi connectivity index (χ3v) is 4.94. The summed E-state index contributed by atoms with van der Waals surface area (Å²) < 4.78 is 17.6. The first-order valence-corrected chi connectivity index (χ1v) is 10.4. The van der Waals surface area contributed by atoms with Gasteiger partial charge in [0.2, 0.25) is 0 Å². The minimum Gasteiger partial charge on any atom is -0.493 e. The minimum absolute atomic E-state index is 0.106. The van der Waals surface area contributed by atoms with Crippen LogP contribution in [0.25, 0.3) is 0 Å². The molecule has 8 nitrogen and oxygen atoms in total. The van der Waals surface area contributed by atoms with Gasteiger partial charge in [0.15, 0.2) is 18.1 Å². The van der Waals surface area contributed by atoms with E-state index in [4.69, 9.17) is 14.2 Å². The third kappa shape index (κ3) is 7.01. The number of amides is 1. The molecule has 1 aromatic heterocycles. The van der Waals surface area contributed by atoms with Gasteiger partial charge >= 0.3 is 5.97 Å². The smallest absolute Gasteiger partial charge is 0.310 e. The monoisotopic (exact) mass is 431 g/mol. The van der Waals surface area contributed by atoms with Gasteiger partial charge in [0.05, 0.1) is 26.3 Å². The molecule has 0 atom stereocenters. The van der Waals surface area contributed by atoms with Gasteiger partial charge in [-0.3, -0.25) is 14.3 Å². The maximum Gasteiger partial charge on any atom is 0.310 e. The summed E-state index contributed by atoms with van der Waals surface area (Å²) in [5, 5.41) is 7.26. The molecule has 1 heterocycles. The molecule has 0 radical (unpaired) electrons. The Labute approximate surface area is 183 Å². The second-order valence-corrected chi connectivity index (χ2v) is 7.85. The van der Waals surface area contributed by atoms with Crippen LogP contribution >= 0.6 is 0 Å². The summed E-state index contributed by atoms with van der Waals surface area (Å²) in [7, 11) is 3.16. The van der Waals surface area contributed by atoms with Crippen LogP contribution in [0.2, 0.25) is 0 Å². The summed E-state index contributed by atoms with van der Waals surface area (Å²) in [6.07, 6.45) is 0.724. The van der Waals surface area contributed by atoms with E-state index in [0.29, 0.717) is 30.4 Å². The number of hydrogen-bond donors (Lipinski definition) is 1. The molecule has 0 saturated carbocycles. The second kappa shape index (κ2) is 11.4. The number of rotatable bonds is 11. The molecule has 2 rings (SSSR count). The number of hydrogen-bond acceptors (Lipinski definition) is 6. The number of benzene rings is 1. The van der Waals surface area contributed by atoms with E-state index >= 15 is 0 Å². The summed E-state index contributed by atoms with van der Waals surface area (Å²) in [6, 6.07) is 5.61. The highest BCUT2D eigenvalue weighted by atomic mass is 16.5. The lowest BCUT2D eigenvalue weighted by molar-refractivity contribution is -0.147. The zero-order valence-corrected chi connectivity index (χ0v) is 19.3. The molecule has 8 heteroatoms. The standard InChI is InChI=1S/C23H33N3O5/c1-15(2)13-26-17(4)19(16(3)25-26)12-23(28)31-14-22(27)24-10-9-18-7-8-20(29-5)21(11-18)30-6/h7-8,11,15H,9-10,12-14H2,1-6H3,(H,24,27). The lowest BCUT2D eigenvalue weighted by atomic mass is 10.1. The van der Waals surface area contributed by atoms with Gasteiger partial charge in [0.1, 0.15) is 0 Å². The molecule has 170 valence electrons. The number of methoxy groups -OCH3 is 2. The molecule has 0 saturated heterocycles. The zero-order chi connectivity index (χ0) is 23.0. The van der Waals surface area contributed by atoms with E-state index in [2.05, 4.69) is 24.3 Å². The largest absolute Gasteiger partial charge is 0.493 e. The summed E-state index contributed by atoms with van der Waals surface area (Å²) in [5.74, 6) is 0.980. The number of aryl methyl sites for hydroxylation is 1. The number of nitrogens with one attached hydrogen (secondary N) is 1. The van der Waals surface area contributed by atoms with Gasteiger partial charge in [-0.1, -0.05) is 19.9 Å². The number of ether oxygens (including phenoxy) is 3. The van der Waals surface area contributed by atoms with Crippen molar-refractivity contribution in [2.75, 3.05) is 27.4 Å². The molecule has 2 aromatic rings. The normalized spacial score (nSPS) is 10.8. The Balaban J connectivity index is 1.78. The molecule has 0 spiro atoms. The van der Waals surface area contributed by atoms with Crippen LogP contribution in [0, 0.1) is 19.8 Å². The van der Waals surface area contributed by atoms with E-state index in [9.17, 15) is 9.59 Å². The summed E-state index contributed by atoms with van der Waals surface area (Å²) in [6.45, 7) is 8.99. The SMILES string of the molecule is COc1ccc(CCNC(=O)COC(=O)Cc2c(C)nn(CC(C)C)c2C)cc1OC. The quantitative estimate of drug-likeness (QED) is 0.550. The molecule has 0 fully saturated rings. The summed E-state index contributed by atoms with van der Waals surface area (Å²) in [5.41, 5.74) is 3.64. The first kappa shape index (κ1) is 24.2. The van der Waals surface area contributed by atoms with Gasteiger partial charge < -0.3 is 19.5 Å². The highest BCUT2D eigenvalue weighted by Crippen LogP contribution is 2.27. The molecule has 0 unspecified atom stereocenters. The molecule has 0 aliphatic carbocycles. The molecular formula is C23H33N3O5. The fraction of sp³-hybridized carbons (Fsp3) is 0.522. The number of esters is 1. The van der Waals surface area contributed by atoms with Crippen molar-refractivity contribution in [1.29, 1.82) is 0 Å². The van der Waals surface area contributed by atoms with Crippen LogP contribution in [0.4, 0.5) is 0 Å². The van der Waals surface area contributed by atoms with Crippen molar-refractivity contribution in [1.82, 2.24) is 15.1 Å². The van der Waals surface area contributed by atoms with Crippen molar-refractivity contribution in [3.05, 3.63) is 40.7 Å². The van der Waals surface area contributed by atoms with Gasteiger partial charge in [-0.2, -0.15) is 5.10 Å². The highest BCUT2D eigenvalue weighted by Gasteiger charge is 2.17. The molecule has 1 N–H and O–H groups in total. The van der Waals surface area contributed by atoms with Crippen molar-refractivity contribution in [2.45, 2.75) is 47.1 Å². The maximum atomic E-state index is 12.2. The number of aromatic nitrogens is 2. The Hall–Kier alpha value is -3.03. The Bertz CT molecular complexity index is 905. The minimum atomic E-state index is -0.440. The van der Waals surface area contributed by atoms with E-state index < -0.39 is 5.97 Å². The number of nitrogens with zero attached hydrogens (tertiary/aromatic N) is 2. The zero-order valence-electron chi connectivity index (χ0n) is 19.3. The summed E-state index contributed by atoms with van der Waals surface area (Å²) in [4.78, 5) is 24.2. The Kier molecular flexibility index (Phi) is 8.90. The molecule has 0 aliphatic rings. The van der Waals surface area contributed by atoms with E-state index in [1.165, 1.54) is 0 Å². The average Bonchev–Trinajstić information content (AvgIpc) is 2.98. The van der Waals surface area contributed by atoms with Crippen LogP contribution in [0.1, 0.15) is 36.4 Å². The number of carbonyl (C=O) groups excluding carboxylic acids is 2. The predicted octanol–water partition coefficient (Wildman–Crippen LogP) is 2.62. The van der Waals surface area contributed by atoms with Gasteiger partial charge in [0, 0.05) is 24.3 Å². The molecule has 1 amide bonds. The second-order valence-electron chi connectivity index (χ2n) is 7.85. The topological polar surface area (TPSA) is 91.7 Å². The molecule has 31 heavy (non-hydrogen) atoms. The molecular weight excluding hydrogens is 398 g/mol. The van der Waals surface area contributed by atoms with Gasteiger partial charge in [0.25, 0.3) is 5.91 Å². The lowest BCUT2D eigenvalue weighted by Crippen LogP contribution is -2.30. The fourth-order valence-electron chi connectivity index (χ4n) is 3.29. The third-order valence-electron chi connectivity index (χ3n) is 4.94. The fourth-order valence-corrected chi connectivity index (χ4v) is 3.29. The molecule has 0 aliphatic heterocycles. The summed E-state index contributed by atoms with van der Waals surface area (Å²) >= 11 is 0. The predicted molar refractivity (Wildman–Crippen MR) is 117 cm³/mol. The molecule has 0 bridgehead atoms.